The molecule has 2 N–H and O–H groups in total. The molecule has 0 aliphatic heterocycles. The Morgan fingerprint density at radius 3 is 2.39 bits per heavy atom. The van der Waals surface area contributed by atoms with E-state index >= 15 is 4.39 Å². The molecule has 1 aromatic rings. The molecule has 4 atom stereocenters. The second-order valence-electron chi connectivity index (χ2n) is 13.2. The highest BCUT2D eigenvalue weighted by molar-refractivity contribution is 5.98. The summed E-state index contributed by atoms with van der Waals surface area (Å²) in [6, 6.07) is 4.38. The van der Waals surface area contributed by atoms with Crippen LogP contribution in [0.1, 0.15) is 94.8 Å². The number of methoxy groups -OCH3 is 1. The number of hydrogen-bond acceptors (Lipinski definition) is 6. The van der Waals surface area contributed by atoms with Crippen LogP contribution in [0.5, 0.6) is 11.5 Å². The predicted octanol–water partition coefficient (Wildman–Crippen LogP) is 5.10. The number of carbonyl (C=O) groups is 3. The summed E-state index contributed by atoms with van der Waals surface area (Å²) in [4.78, 5) is 39.2. The number of benzene rings is 1. The zero-order chi connectivity index (χ0) is 29.4. The van der Waals surface area contributed by atoms with Gasteiger partial charge in [0, 0.05) is 30.5 Å². The lowest BCUT2D eigenvalue weighted by Gasteiger charge is -2.39. The molecular weight excluding hydrogens is 525 g/mol. The van der Waals surface area contributed by atoms with Crippen molar-refractivity contribution in [2.45, 2.75) is 96.6 Å². The number of nitrogens with zero attached hydrogens (tertiary/aromatic N) is 1. The summed E-state index contributed by atoms with van der Waals surface area (Å²) in [6.45, 7) is 4.39. The molecule has 0 unspecified atom stereocenters. The van der Waals surface area contributed by atoms with Gasteiger partial charge in [-0.1, -0.05) is 13.3 Å². The summed E-state index contributed by atoms with van der Waals surface area (Å²) in [5, 5.41) is 15.5. The number of carbonyl (C=O) groups excluding carboxylic acids is 3. The highest BCUT2D eigenvalue weighted by Gasteiger charge is 2.52. The van der Waals surface area contributed by atoms with Gasteiger partial charge in [0.05, 0.1) is 30.8 Å². The summed E-state index contributed by atoms with van der Waals surface area (Å²) >= 11 is 0. The Morgan fingerprint density at radius 2 is 1.78 bits per heavy atom. The van der Waals surface area contributed by atoms with Crippen LogP contribution in [-0.4, -0.2) is 43.4 Å². The monoisotopic (exact) mass is 567 g/mol. The van der Waals surface area contributed by atoms with Crippen LogP contribution in [0.25, 0.3) is 0 Å². The number of ketones is 1. The molecule has 41 heavy (non-hydrogen) atoms. The second kappa shape index (κ2) is 11.6. The van der Waals surface area contributed by atoms with Crippen LogP contribution in [0.4, 0.5) is 4.39 Å². The predicted molar refractivity (Wildman–Crippen MR) is 150 cm³/mol. The molecule has 5 rings (SSSR count). The molecule has 9 heteroatoms. The van der Waals surface area contributed by atoms with Crippen LogP contribution in [0, 0.1) is 45.7 Å². The van der Waals surface area contributed by atoms with Gasteiger partial charge in [0.25, 0.3) is 5.91 Å². The summed E-state index contributed by atoms with van der Waals surface area (Å²) in [6.07, 6.45) is 8.17. The lowest BCUT2D eigenvalue weighted by Crippen LogP contribution is -2.51. The number of fused-ring (bicyclic) bond motifs is 2. The number of nitriles is 1. The topological polar surface area (TPSA) is 118 Å². The van der Waals surface area contributed by atoms with Gasteiger partial charge < -0.3 is 20.1 Å². The van der Waals surface area contributed by atoms with Crippen molar-refractivity contribution >= 4 is 17.6 Å². The van der Waals surface area contributed by atoms with Crippen LogP contribution < -0.4 is 20.1 Å². The molecule has 1 aromatic carbocycles. The minimum absolute atomic E-state index is 0.00285. The molecule has 4 fully saturated rings. The minimum atomic E-state index is -0.669. The van der Waals surface area contributed by atoms with Gasteiger partial charge >= 0.3 is 0 Å². The quantitative estimate of drug-likeness (QED) is 0.407. The van der Waals surface area contributed by atoms with Crippen LogP contribution >= 0.6 is 0 Å². The van der Waals surface area contributed by atoms with E-state index in [4.69, 9.17) is 9.47 Å². The average molecular weight is 568 g/mol. The van der Waals surface area contributed by atoms with E-state index in [0.29, 0.717) is 32.2 Å². The smallest absolute Gasteiger partial charge is 0.255 e. The van der Waals surface area contributed by atoms with Gasteiger partial charge in [-0.15, -0.1) is 0 Å². The van der Waals surface area contributed by atoms with Crippen LogP contribution in [-0.2, 0) is 9.59 Å². The highest BCUT2D eigenvalue weighted by Crippen LogP contribution is 2.49. The molecule has 4 aliphatic rings. The van der Waals surface area contributed by atoms with Gasteiger partial charge in [0.2, 0.25) is 5.91 Å². The molecular formula is C32H42FN3O5. The summed E-state index contributed by atoms with van der Waals surface area (Å²) in [5.74, 6) is -0.781. The van der Waals surface area contributed by atoms with Crippen molar-refractivity contribution in [3.05, 3.63) is 23.5 Å². The largest absolute Gasteiger partial charge is 0.496 e. The minimum Gasteiger partial charge on any atom is -0.496 e. The third-order valence-corrected chi connectivity index (χ3v) is 10.6. The Bertz CT molecular complexity index is 1230. The molecule has 2 amide bonds. The maximum absolute atomic E-state index is 15.1. The van der Waals surface area contributed by atoms with E-state index in [1.165, 1.54) is 26.5 Å². The Labute approximate surface area is 241 Å². The molecule has 4 saturated carbocycles. The van der Waals surface area contributed by atoms with Crippen molar-refractivity contribution in [1.82, 2.24) is 10.6 Å². The fraction of sp³-hybridized carbons (Fsp3) is 0.688. The van der Waals surface area contributed by atoms with Crippen LogP contribution in [0.3, 0.4) is 0 Å². The van der Waals surface area contributed by atoms with Crippen LogP contribution in [0.15, 0.2) is 12.1 Å². The molecule has 8 nitrogen and oxygen atoms in total. The van der Waals surface area contributed by atoms with Crippen molar-refractivity contribution in [1.29, 1.82) is 5.26 Å². The summed E-state index contributed by atoms with van der Waals surface area (Å²) < 4.78 is 26.4. The third-order valence-electron chi connectivity index (χ3n) is 10.6. The van der Waals surface area contributed by atoms with Crippen molar-refractivity contribution in [3.8, 4) is 17.6 Å². The van der Waals surface area contributed by atoms with E-state index in [1.807, 2.05) is 0 Å². The Morgan fingerprint density at radius 1 is 1.07 bits per heavy atom. The summed E-state index contributed by atoms with van der Waals surface area (Å²) in [7, 11) is 1.39. The lowest BCUT2D eigenvalue weighted by molar-refractivity contribution is -0.129. The number of halogens is 1. The van der Waals surface area contributed by atoms with E-state index < -0.39 is 17.1 Å². The zero-order valence-electron chi connectivity index (χ0n) is 24.4. The molecule has 2 bridgehead atoms. The highest BCUT2D eigenvalue weighted by atomic mass is 19.1. The first-order valence-corrected chi connectivity index (χ1v) is 15.1. The van der Waals surface area contributed by atoms with Crippen molar-refractivity contribution in [2.75, 3.05) is 13.7 Å². The normalized spacial score (nSPS) is 31.4. The number of Topliss-reactive ketones (excluding diaryl/α,β-unsaturated/α-hetero) is 1. The van der Waals surface area contributed by atoms with Crippen LogP contribution in [0.2, 0.25) is 0 Å². The molecule has 4 aliphatic carbocycles. The number of hydrogen-bond donors (Lipinski definition) is 2. The SMILES string of the molecule is COc1cc(F)c(O[C@H]2CC[C@@](CC#N)(C(C)=O)CC2)cc1C(=O)N[C@@H]1[C@H]2CC[C@H](C2)[C@@H]1C(=O)NCC1(C)CCC1. The molecule has 0 spiro atoms. The van der Waals surface area contributed by atoms with E-state index in [0.717, 1.165) is 38.2 Å². The van der Waals surface area contributed by atoms with Crippen molar-refractivity contribution < 1.29 is 28.2 Å². The Kier molecular flexibility index (Phi) is 8.31. The second-order valence-corrected chi connectivity index (χ2v) is 13.2. The van der Waals surface area contributed by atoms with Gasteiger partial charge in [0.15, 0.2) is 11.6 Å². The standard InChI is InChI=1S/C32H42FN3O5/c1-19(37)32(13-14-34)11-7-22(8-12-32)41-26-16-23(25(40-3)17-24(26)33)29(38)36-28-21-6-5-20(15-21)27(28)30(39)35-18-31(2)9-4-10-31/h16-17,20-22,27-28H,4-13,15,18H2,1-3H3,(H,35,39)(H,36,38)/t20-,21+,22-,27+,28-,32+/m1/s1. The van der Waals surface area contributed by atoms with Gasteiger partial charge in [-0.05, 0) is 88.0 Å². The van der Waals surface area contributed by atoms with E-state index in [1.54, 1.807) is 0 Å². The maximum Gasteiger partial charge on any atom is 0.255 e. The maximum atomic E-state index is 15.1. The molecule has 0 radical (unpaired) electrons. The number of ether oxygens (including phenoxy) is 2. The van der Waals surface area contributed by atoms with E-state index in [2.05, 4.69) is 23.6 Å². The van der Waals surface area contributed by atoms with Gasteiger partial charge in [-0.3, -0.25) is 14.4 Å². The first-order chi connectivity index (χ1) is 19.6. The van der Waals surface area contributed by atoms with E-state index in [-0.39, 0.29) is 70.5 Å². The number of nitrogens with one attached hydrogen (secondary N) is 2. The third kappa shape index (κ3) is 5.80. The Balaban J connectivity index is 1.28. The van der Waals surface area contributed by atoms with Crippen molar-refractivity contribution in [2.24, 2.45) is 28.6 Å². The van der Waals surface area contributed by atoms with Gasteiger partial charge in [0.1, 0.15) is 11.5 Å². The fourth-order valence-electron chi connectivity index (χ4n) is 7.70. The molecule has 0 saturated heterocycles. The van der Waals surface area contributed by atoms with Crippen molar-refractivity contribution in [3.63, 3.8) is 0 Å². The average Bonchev–Trinajstić information content (AvgIpc) is 3.54. The first-order valence-electron chi connectivity index (χ1n) is 15.1. The van der Waals surface area contributed by atoms with Gasteiger partial charge in [-0.25, -0.2) is 4.39 Å². The zero-order valence-corrected chi connectivity index (χ0v) is 24.4. The molecule has 222 valence electrons. The molecule has 0 aromatic heterocycles. The number of rotatable bonds is 10. The molecule has 0 heterocycles. The van der Waals surface area contributed by atoms with E-state index in [9.17, 15) is 19.6 Å². The van der Waals surface area contributed by atoms with Gasteiger partial charge in [-0.2, -0.15) is 5.26 Å². The lowest BCUT2D eigenvalue weighted by atomic mass is 9.69. The Hall–Kier alpha value is -3.15. The number of amides is 2. The summed E-state index contributed by atoms with van der Waals surface area (Å²) in [5.41, 5.74) is -0.339. The fourth-order valence-corrected chi connectivity index (χ4v) is 7.70. The first kappa shape index (κ1) is 29.3.